The Morgan fingerprint density at radius 3 is 2.62 bits per heavy atom. The van der Waals surface area contributed by atoms with Gasteiger partial charge in [-0.3, -0.25) is 14.3 Å². The molecule has 2 N–H and O–H groups in total. The first-order chi connectivity index (χ1) is 15.3. The van der Waals surface area contributed by atoms with Crippen LogP contribution in [0.4, 0.5) is 0 Å². The SMILES string of the molecule is CNC(=O)C(CCC=O)N1Cc2c(csc2CCNSc2ccc(C(C)(C)C)cc2)C1=O. The number of likely N-dealkylation sites (N-methyl/N-ethyl adjacent to an activating group) is 1. The van der Waals surface area contributed by atoms with Crippen molar-refractivity contribution in [1.82, 2.24) is 14.9 Å². The second-order valence-corrected chi connectivity index (χ2v) is 10.8. The van der Waals surface area contributed by atoms with Gasteiger partial charge < -0.3 is 15.0 Å². The van der Waals surface area contributed by atoms with Gasteiger partial charge in [0.25, 0.3) is 5.91 Å². The average Bonchev–Trinajstić information content (AvgIpc) is 3.31. The molecule has 1 aliphatic heterocycles. The maximum Gasteiger partial charge on any atom is 0.256 e. The highest BCUT2D eigenvalue weighted by molar-refractivity contribution is 7.97. The summed E-state index contributed by atoms with van der Waals surface area (Å²) >= 11 is 3.21. The number of fused-ring (bicyclic) bond motifs is 1. The summed E-state index contributed by atoms with van der Waals surface area (Å²) in [5.41, 5.74) is 3.16. The minimum absolute atomic E-state index is 0.122. The third-order valence-corrected chi connectivity index (χ3v) is 7.59. The smallest absolute Gasteiger partial charge is 0.256 e. The first kappa shape index (κ1) is 24.5. The fourth-order valence-electron chi connectivity index (χ4n) is 3.78. The van der Waals surface area contributed by atoms with E-state index in [0.717, 1.165) is 29.7 Å². The van der Waals surface area contributed by atoms with Crippen LogP contribution in [-0.2, 0) is 28.0 Å². The van der Waals surface area contributed by atoms with Crippen molar-refractivity contribution in [2.75, 3.05) is 13.6 Å². The fourth-order valence-corrected chi connectivity index (χ4v) is 5.46. The number of amides is 2. The monoisotopic (exact) mass is 473 g/mol. The zero-order chi connectivity index (χ0) is 23.3. The molecule has 2 aromatic rings. The van der Waals surface area contributed by atoms with Crippen molar-refractivity contribution in [1.29, 1.82) is 0 Å². The van der Waals surface area contributed by atoms with Crippen LogP contribution in [0.25, 0.3) is 0 Å². The summed E-state index contributed by atoms with van der Waals surface area (Å²) < 4.78 is 3.41. The predicted molar refractivity (Wildman–Crippen MR) is 130 cm³/mol. The van der Waals surface area contributed by atoms with Crippen LogP contribution in [0, 0.1) is 0 Å². The largest absolute Gasteiger partial charge is 0.357 e. The number of nitrogens with one attached hydrogen (secondary N) is 2. The Bertz CT molecular complexity index is 964. The molecule has 0 fully saturated rings. The summed E-state index contributed by atoms with van der Waals surface area (Å²) in [6.07, 6.45) is 2.19. The van der Waals surface area contributed by atoms with E-state index < -0.39 is 6.04 Å². The van der Waals surface area contributed by atoms with E-state index in [-0.39, 0.29) is 23.7 Å². The Hall–Kier alpha value is -2.16. The van der Waals surface area contributed by atoms with Gasteiger partial charge in [-0.25, -0.2) is 0 Å². The van der Waals surface area contributed by atoms with E-state index >= 15 is 0 Å². The highest BCUT2D eigenvalue weighted by Crippen LogP contribution is 2.33. The maximum atomic E-state index is 12.9. The zero-order valence-electron chi connectivity index (χ0n) is 19.1. The molecular weight excluding hydrogens is 442 g/mol. The zero-order valence-corrected chi connectivity index (χ0v) is 20.7. The summed E-state index contributed by atoms with van der Waals surface area (Å²) in [6.45, 7) is 7.82. The topological polar surface area (TPSA) is 78.5 Å². The van der Waals surface area contributed by atoms with Gasteiger partial charge in [0.15, 0.2) is 0 Å². The molecule has 3 rings (SSSR count). The lowest BCUT2D eigenvalue weighted by Gasteiger charge is -2.26. The first-order valence-corrected chi connectivity index (χ1v) is 12.5. The minimum Gasteiger partial charge on any atom is -0.357 e. The summed E-state index contributed by atoms with van der Waals surface area (Å²) in [7, 11) is 1.55. The Morgan fingerprint density at radius 2 is 2.00 bits per heavy atom. The van der Waals surface area contributed by atoms with Crippen molar-refractivity contribution in [3.63, 3.8) is 0 Å². The summed E-state index contributed by atoms with van der Waals surface area (Å²) in [6, 6.07) is 7.99. The van der Waals surface area contributed by atoms with Crippen LogP contribution in [0.3, 0.4) is 0 Å². The first-order valence-electron chi connectivity index (χ1n) is 10.8. The van der Waals surface area contributed by atoms with E-state index in [1.165, 1.54) is 10.5 Å². The van der Waals surface area contributed by atoms with E-state index in [1.54, 1.807) is 35.2 Å². The molecule has 172 valence electrons. The van der Waals surface area contributed by atoms with E-state index in [2.05, 4.69) is 55.1 Å². The number of carbonyl (C=O) groups is 3. The van der Waals surface area contributed by atoms with Crippen LogP contribution in [0.5, 0.6) is 0 Å². The van der Waals surface area contributed by atoms with Crippen molar-refractivity contribution in [2.24, 2.45) is 0 Å². The van der Waals surface area contributed by atoms with Crippen LogP contribution < -0.4 is 10.0 Å². The van der Waals surface area contributed by atoms with Gasteiger partial charge in [-0.05, 0) is 53.5 Å². The van der Waals surface area contributed by atoms with Crippen LogP contribution in [0.15, 0.2) is 34.5 Å². The molecule has 6 nitrogen and oxygen atoms in total. The number of rotatable bonds is 10. The number of thiophene rings is 1. The third kappa shape index (κ3) is 5.60. The van der Waals surface area contributed by atoms with E-state index in [0.29, 0.717) is 18.5 Å². The molecule has 1 aromatic heterocycles. The number of benzene rings is 1. The second kappa shape index (κ2) is 10.6. The van der Waals surface area contributed by atoms with Gasteiger partial charge in [0.05, 0.1) is 5.56 Å². The molecule has 2 heterocycles. The summed E-state index contributed by atoms with van der Waals surface area (Å²) in [5.74, 6) is -0.352. The van der Waals surface area contributed by atoms with Gasteiger partial charge in [-0.15, -0.1) is 11.3 Å². The number of aldehydes is 1. The highest BCUT2D eigenvalue weighted by Gasteiger charge is 2.37. The predicted octanol–water partition coefficient (Wildman–Crippen LogP) is 3.93. The van der Waals surface area contributed by atoms with E-state index in [4.69, 9.17) is 0 Å². The fraction of sp³-hybridized carbons (Fsp3) is 0.458. The number of hydrogen-bond acceptors (Lipinski definition) is 6. The normalized spacial score (nSPS) is 14.4. The molecule has 0 bridgehead atoms. The Kier molecular flexibility index (Phi) is 8.14. The Labute approximate surface area is 198 Å². The summed E-state index contributed by atoms with van der Waals surface area (Å²) in [5, 5.41) is 4.51. The van der Waals surface area contributed by atoms with Gasteiger partial charge in [-0.2, -0.15) is 0 Å². The molecule has 0 saturated heterocycles. The molecule has 1 atom stereocenters. The molecule has 8 heteroatoms. The third-order valence-electron chi connectivity index (χ3n) is 5.65. The van der Waals surface area contributed by atoms with Crippen LogP contribution in [0.2, 0.25) is 0 Å². The Balaban J connectivity index is 1.57. The van der Waals surface area contributed by atoms with Gasteiger partial charge >= 0.3 is 0 Å². The lowest BCUT2D eigenvalue weighted by molar-refractivity contribution is -0.125. The van der Waals surface area contributed by atoms with Crippen molar-refractivity contribution < 1.29 is 14.4 Å². The highest BCUT2D eigenvalue weighted by atomic mass is 32.2. The number of carbonyl (C=O) groups excluding carboxylic acids is 3. The molecule has 32 heavy (non-hydrogen) atoms. The van der Waals surface area contributed by atoms with E-state index in [9.17, 15) is 14.4 Å². The number of hydrogen-bond donors (Lipinski definition) is 2. The van der Waals surface area contributed by atoms with Gasteiger partial charge in [0, 0.05) is 41.7 Å². The molecule has 2 amide bonds. The quantitative estimate of drug-likeness (QED) is 0.311. The van der Waals surface area contributed by atoms with E-state index in [1.807, 2.05) is 5.38 Å². The maximum absolute atomic E-state index is 12.9. The standard InChI is InChI=1S/C24H31N3O3S2/c1-24(2,3)16-7-9-17(10-8-16)32-26-12-11-21-18-14-27(23(30)19(18)15-31-21)20(6-5-13-28)22(29)25-4/h7-10,13,15,20,26H,5-6,11-12,14H2,1-4H3,(H,25,29). The van der Waals surface area contributed by atoms with Gasteiger partial charge in [-0.1, -0.05) is 32.9 Å². The molecule has 1 aliphatic rings. The second-order valence-electron chi connectivity index (χ2n) is 8.88. The number of nitrogens with zero attached hydrogens (tertiary/aromatic N) is 1. The molecule has 1 aromatic carbocycles. The molecular formula is C24H31N3O3S2. The van der Waals surface area contributed by atoms with Crippen LogP contribution in [-0.4, -0.2) is 42.6 Å². The van der Waals surface area contributed by atoms with Crippen molar-refractivity contribution in [3.05, 3.63) is 51.2 Å². The lowest BCUT2D eigenvalue weighted by atomic mass is 9.87. The van der Waals surface area contributed by atoms with Gasteiger partial charge in [0.2, 0.25) is 5.91 Å². The molecule has 0 radical (unpaired) electrons. The van der Waals surface area contributed by atoms with Crippen LogP contribution in [0.1, 0.15) is 60.0 Å². The van der Waals surface area contributed by atoms with Crippen molar-refractivity contribution >= 4 is 41.4 Å². The molecule has 0 spiro atoms. The molecule has 0 aliphatic carbocycles. The molecule has 0 saturated carbocycles. The Morgan fingerprint density at radius 1 is 1.28 bits per heavy atom. The van der Waals surface area contributed by atoms with Crippen LogP contribution >= 0.6 is 23.3 Å². The average molecular weight is 474 g/mol. The van der Waals surface area contributed by atoms with Gasteiger partial charge in [0.1, 0.15) is 12.3 Å². The summed E-state index contributed by atoms with van der Waals surface area (Å²) in [4.78, 5) is 39.9. The van der Waals surface area contributed by atoms with Crippen molar-refractivity contribution in [2.45, 2.75) is 62.9 Å². The van der Waals surface area contributed by atoms with Crippen molar-refractivity contribution in [3.8, 4) is 0 Å². The minimum atomic E-state index is -0.618. The lowest BCUT2D eigenvalue weighted by Crippen LogP contribution is -2.46. The molecule has 1 unspecified atom stereocenters.